The molecule has 0 saturated heterocycles. The molecule has 98 valence electrons. The Bertz CT molecular complexity index is 505. The highest BCUT2D eigenvalue weighted by atomic mass is 79.9. The minimum atomic E-state index is -0.0458. The Kier molecular flexibility index (Phi) is 3.15. The number of aromatic nitrogens is 2. The van der Waals surface area contributed by atoms with Crippen LogP contribution in [0.15, 0.2) is 15.5 Å². The van der Waals surface area contributed by atoms with Crippen molar-refractivity contribution in [1.82, 2.24) is 9.78 Å². The van der Waals surface area contributed by atoms with E-state index >= 15 is 0 Å². The molecule has 1 aromatic rings. The first-order valence-corrected chi connectivity index (χ1v) is 7.20. The molecule has 1 heterocycles. The van der Waals surface area contributed by atoms with Crippen molar-refractivity contribution in [2.75, 3.05) is 5.32 Å². The van der Waals surface area contributed by atoms with E-state index in [1.54, 1.807) is 10.9 Å². The summed E-state index contributed by atoms with van der Waals surface area (Å²) in [6.07, 6.45) is 6.07. The molecule has 0 spiro atoms. The van der Waals surface area contributed by atoms with Gasteiger partial charge in [-0.05, 0) is 47.5 Å². The fourth-order valence-electron chi connectivity index (χ4n) is 2.24. The minimum absolute atomic E-state index is 0.0458. The van der Waals surface area contributed by atoms with Crippen LogP contribution in [-0.2, 0) is 6.54 Å². The summed E-state index contributed by atoms with van der Waals surface area (Å²) in [5, 5.41) is 7.54. The molecule has 1 aromatic heterocycles. The average Bonchev–Trinajstić information content (AvgIpc) is 3.10. The lowest BCUT2D eigenvalue weighted by Gasteiger charge is -2.33. The van der Waals surface area contributed by atoms with Gasteiger partial charge < -0.3 is 11.1 Å². The van der Waals surface area contributed by atoms with Gasteiger partial charge in [0.05, 0.1) is 11.9 Å². The van der Waals surface area contributed by atoms with Crippen molar-refractivity contribution in [3.05, 3.63) is 21.0 Å². The van der Waals surface area contributed by atoms with Crippen molar-refractivity contribution in [3.63, 3.8) is 0 Å². The van der Waals surface area contributed by atoms with Gasteiger partial charge in [-0.25, -0.2) is 4.68 Å². The van der Waals surface area contributed by atoms with Gasteiger partial charge in [-0.3, -0.25) is 4.79 Å². The van der Waals surface area contributed by atoms with Crippen molar-refractivity contribution >= 4 is 21.6 Å². The predicted octanol–water partition coefficient (Wildman–Crippen LogP) is 1.32. The monoisotopic (exact) mass is 312 g/mol. The van der Waals surface area contributed by atoms with Crippen molar-refractivity contribution in [3.8, 4) is 0 Å². The quantitative estimate of drug-likeness (QED) is 0.879. The van der Waals surface area contributed by atoms with Gasteiger partial charge in [-0.1, -0.05) is 0 Å². The summed E-state index contributed by atoms with van der Waals surface area (Å²) >= 11 is 3.37. The number of nitrogens with two attached hydrogens (primary N) is 1. The lowest BCUT2D eigenvalue weighted by Crippen LogP contribution is -2.44. The summed E-state index contributed by atoms with van der Waals surface area (Å²) in [5.41, 5.74) is 6.48. The van der Waals surface area contributed by atoms with Crippen molar-refractivity contribution < 1.29 is 0 Å². The third-order valence-corrected chi connectivity index (χ3v) is 4.41. The van der Waals surface area contributed by atoms with Crippen LogP contribution in [0.25, 0.3) is 0 Å². The Morgan fingerprint density at radius 2 is 2.22 bits per heavy atom. The van der Waals surface area contributed by atoms with E-state index in [-0.39, 0.29) is 5.56 Å². The Hall–Kier alpha value is -0.880. The maximum Gasteiger partial charge on any atom is 0.283 e. The zero-order valence-corrected chi connectivity index (χ0v) is 11.7. The number of nitrogens with one attached hydrogen (secondary N) is 1. The molecular formula is C12H17BrN4O. The molecule has 0 bridgehead atoms. The molecule has 3 rings (SSSR count). The maximum atomic E-state index is 12.1. The van der Waals surface area contributed by atoms with E-state index in [4.69, 9.17) is 5.73 Å². The first-order valence-electron chi connectivity index (χ1n) is 6.41. The van der Waals surface area contributed by atoms with Crippen molar-refractivity contribution in [2.24, 2.45) is 11.7 Å². The van der Waals surface area contributed by atoms with Crippen LogP contribution in [0.3, 0.4) is 0 Å². The number of rotatable bonds is 4. The topological polar surface area (TPSA) is 72.9 Å². The van der Waals surface area contributed by atoms with Crippen LogP contribution < -0.4 is 16.6 Å². The standard InChI is InChI=1S/C12H17BrN4O/c13-11-10(16-9-3-8(14)4-9)5-15-17(12(11)18)6-7-1-2-7/h5,7-9,16H,1-4,6,14H2. The molecule has 18 heavy (non-hydrogen) atoms. The van der Waals surface area contributed by atoms with E-state index in [9.17, 15) is 4.79 Å². The van der Waals surface area contributed by atoms with Gasteiger partial charge in [0, 0.05) is 18.6 Å². The Labute approximate surface area is 114 Å². The van der Waals surface area contributed by atoms with Gasteiger partial charge in [0.25, 0.3) is 5.56 Å². The average molecular weight is 313 g/mol. The summed E-state index contributed by atoms with van der Waals surface area (Å²) < 4.78 is 2.14. The van der Waals surface area contributed by atoms with E-state index in [2.05, 4.69) is 26.3 Å². The van der Waals surface area contributed by atoms with Crippen LogP contribution in [-0.4, -0.2) is 21.9 Å². The predicted molar refractivity (Wildman–Crippen MR) is 73.5 cm³/mol. The normalized spacial score (nSPS) is 26.8. The van der Waals surface area contributed by atoms with E-state index in [1.165, 1.54) is 12.8 Å². The molecule has 2 aliphatic rings. The second-order valence-corrected chi connectivity index (χ2v) is 6.17. The van der Waals surface area contributed by atoms with E-state index < -0.39 is 0 Å². The zero-order chi connectivity index (χ0) is 12.7. The third kappa shape index (κ3) is 2.44. The summed E-state index contributed by atoms with van der Waals surface area (Å²) in [4.78, 5) is 12.1. The molecule has 2 saturated carbocycles. The second kappa shape index (κ2) is 4.66. The molecule has 0 unspecified atom stereocenters. The Balaban J connectivity index is 1.74. The van der Waals surface area contributed by atoms with E-state index in [0.717, 1.165) is 25.1 Å². The molecule has 5 nitrogen and oxygen atoms in total. The van der Waals surface area contributed by atoms with Crippen molar-refractivity contribution in [1.29, 1.82) is 0 Å². The number of halogens is 1. The van der Waals surface area contributed by atoms with Crippen LogP contribution >= 0.6 is 15.9 Å². The molecular weight excluding hydrogens is 296 g/mol. The summed E-state index contributed by atoms with van der Waals surface area (Å²) in [7, 11) is 0. The van der Waals surface area contributed by atoms with Gasteiger partial charge in [-0.15, -0.1) is 0 Å². The fraction of sp³-hybridized carbons (Fsp3) is 0.667. The molecule has 0 atom stereocenters. The van der Waals surface area contributed by atoms with Gasteiger partial charge in [0.15, 0.2) is 0 Å². The summed E-state index contributed by atoms with van der Waals surface area (Å²) in [6.45, 7) is 0.742. The molecule has 0 radical (unpaired) electrons. The highest BCUT2D eigenvalue weighted by Gasteiger charge is 2.27. The zero-order valence-electron chi connectivity index (χ0n) is 10.1. The molecule has 0 aliphatic heterocycles. The molecule has 6 heteroatoms. The SMILES string of the molecule is NC1CC(Nc2cnn(CC3CC3)c(=O)c2Br)C1. The molecule has 0 amide bonds. The van der Waals surface area contributed by atoms with Gasteiger partial charge in [-0.2, -0.15) is 5.10 Å². The second-order valence-electron chi connectivity index (χ2n) is 5.38. The van der Waals surface area contributed by atoms with Gasteiger partial charge >= 0.3 is 0 Å². The first-order chi connectivity index (χ1) is 8.63. The first kappa shape index (κ1) is 12.2. The van der Waals surface area contributed by atoms with Crippen molar-refractivity contribution in [2.45, 2.75) is 44.3 Å². The molecule has 2 fully saturated rings. The third-order valence-electron chi connectivity index (χ3n) is 3.65. The number of hydrogen-bond acceptors (Lipinski definition) is 4. The summed E-state index contributed by atoms with van der Waals surface area (Å²) in [5.74, 6) is 0.644. The lowest BCUT2D eigenvalue weighted by molar-refractivity contribution is 0.373. The highest BCUT2D eigenvalue weighted by molar-refractivity contribution is 9.10. The van der Waals surface area contributed by atoms with Gasteiger partial charge in [0.2, 0.25) is 0 Å². The Morgan fingerprint density at radius 1 is 1.50 bits per heavy atom. The molecule has 3 N–H and O–H groups in total. The van der Waals surface area contributed by atoms with E-state index in [0.29, 0.717) is 22.5 Å². The molecule has 2 aliphatic carbocycles. The smallest absolute Gasteiger partial charge is 0.283 e. The van der Waals surface area contributed by atoms with Gasteiger partial charge in [0.1, 0.15) is 4.47 Å². The van der Waals surface area contributed by atoms with Crippen LogP contribution in [0.1, 0.15) is 25.7 Å². The summed E-state index contributed by atoms with van der Waals surface area (Å²) in [6, 6.07) is 0.668. The van der Waals surface area contributed by atoms with Crippen LogP contribution in [0.2, 0.25) is 0 Å². The minimum Gasteiger partial charge on any atom is -0.380 e. The highest BCUT2D eigenvalue weighted by Crippen LogP contribution is 2.30. The number of anilines is 1. The van der Waals surface area contributed by atoms with Crippen LogP contribution in [0.5, 0.6) is 0 Å². The molecule has 0 aromatic carbocycles. The maximum absolute atomic E-state index is 12.1. The van der Waals surface area contributed by atoms with Crippen LogP contribution in [0.4, 0.5) is 5.69 Å². The largest absolute Gasteiger partial charge is 0.380 e. The lowest BCUT2D eigenvalue weighted by atomic mass is 9.87. The fourth-order valence-corrected chi connectivity index (χ4v) is 2.66. The Morgan fingerprint density at radius 3 is 2.83 bits per heavy atom. The van der Waals surface area contributed by atoms with E-state index in [1.807, 2.05) is 0 Å². The van der Waals surface area contributed by atoms with Crippen LogP contribution in [0, 0.1) is 5.92 Å². The number of hydrogen-bond donors (Lipinski definition) is 2. The number of nitrogens with zero attached hydrogens (tertiary/aromatic N) is 2.